The first kappa shape index (κ1) is 20.2. The summed E-state index contributed by atoms with van der Waals surface area (Å²) < 4.78 is 28.5. The normalized spacial score (nSPS) is 23.2. The van der Waals surface area contributed by atoms with Crippen LogP contribution in [0.5, 0.6) is 0 Å². The molecule has 0 radical (unpaired) electrons. The van der Waals surface area contributed by atoms with E-state index in [1.54, 1.807) is 12.1 Å². The summed E-state index contributed by atoms with van der Waals surface area (Å²) in [5, 5.41) is 3.17. The summed E-state index contributed by atoms with van der Waals surface area (Å²) in [7, 11) is -3.93. The monoisotopic (exact) mass is 432 g/mol. The van der Waals surface area contributed by atoms with Gasteiger partial charge in [0.15, 0.2) is 0 Å². The highest BCUT2D eigenvalue weighted by Gasteiger charge is 2.40. The number of benzene rings is 2. The number of anilines is 1. The zero-order valence-electron chi connectivity index (χ0n) is 16.5. The molecule has 2 aliphatic carbocycles. The fourth-order valence-corrected chi connectivity index (χ4v) is 6.31. The molecule has 2 N–H and O–H groups in total. The van der Waals surface area contributed by atoms with Crippen LogP contribution in [0.1, 0.15) is 47.2 Å². The van der Waals surface area contributed by atoms with Gasteiger partial charge >= 0.3 is 0 Å². The minimum absolute atomic E-state index is 0.0822. The minimum Gasteiger partial charge on any atom is -0.349 e. The van der Waals surface area contributed by atoms with Crippen molar-refractivity contribution in [3.8, 4) is 0 Å². The van der Waals surface area contributed by atoms with Gasteiger partial charge in [0.1, 0.15) is 4.90 Å². The summed E-state index contributed by atoms with van der Waals surface area (Å²) in [6.45, 7) is 3.78. The van der Waals surface area contributed by atoms with Gasteiger partial charge in [-0.3, -0.25) is 9.52 Å². The second-order valence-corrected chi connectivity index (χ2v) is 10.4. The number of sulfonamides is 1. The van der Waals surface area contributed by atoms with Crippen LogP contribution < -0.4 is 10.0 Å². The number of hydrogen-bond acceptors (Lipinski definition) is 3. The third-order valence-corrected chi connectivity index (χ3v) is 8.01. The lowest BCUT2D eigenvalue weighted by Gasteiger charge is -2.23. The van der Waals surface area contributed by atoms with Crippen molar-refractivity contribution < 1.29 is 13.2 Å². The van der Waals surface area contributed by atoms with Crippen LogP contribution in [0.15, 0.2) is 41.3 Å². The Bertz CT molecular complexity index is 1070. The summed E-state index contributed by atoms with van der Waals surface area (Å²) in [6, 6.07) is 10.0. The van der Waals surface area contributed by atoms with E-state index in [9.17, 15) is 13.2 Å². The Balaban J connectivity index is 1.56. The third kappa shape index (κ3) is 4.14. The number of halogens is 1. The van der Waals surface area contributed by atoms with E-state index in [0.29, 0.717) is 23.1 Å². The first-order chi connectivity index (χ1) is 13.7. The number of amides is 1. The molecular weight excluding hydrogens is 408 g/mol. The average molecular weight is 433 g/mol. The van der Waals surface area contributed by atoms with Crippen molar-refractivity contribution in [1.82, 2.24) is 5.32 Å². The molecule has 2 aromatic rings. The lowest BCUT2D eigenvalue weighted by Crippen LogP contribution is -2.38. The maximum Gasteiger partial charge on any atom is 0.263 e. The van der Waals surface area contributed by atoms with Gasteiger partial charge in [0.25, 0.3) is 15.9 Å². The van der Waals surface area contributed by atoms with Crippen molar-refractivity contribution in [3.05, 3.63) is 58.1 Å². The van der Waals surface area contributed by atoms with Crippen molar-refractivity contribution in [3.63, 3.8) is 0 Å². The number of rotatable bonds is 5. The molecule has 2 aliphatic rings. The van der Waals surface area contributed by atoms with Crippen LogP contribution in [0.25, 0.3) is 0 Å². The van der Waals surface area contributed by atoms with Crippen molar-refractivity contribution >= 4 is 33.2 Å². The molecule has 2 fully saturated rings. The van der Waals surface area contributed by atoms with Crippen molar-refractivity contribution in [1.29, 1.82) is 0 Å². The molecule has 154 valence electrons. The van der Waals surface area contributed by atoms with Crippen molar-refractivity contribution in [2.45, 2.75) is 50.5 Å². The van der Waals surface area contributed by atoms with Gasteiger partial charge in [-0.25, -0.2) is 8.42 Å². The zero-order chi connectivity index (χ0) is 20.8. The third-order valence-electron chi connectivity index (χ3n) is 6.16. The molecule has 2 saturated carbocycles. The average Bonchev–Trinajstić information content (AvgIpc) is 3.27. The number of nitrogens with one attached hydrogen (secondary N) is 2. The Labute approximate surface area is 176 Å². The van der Waals surface area contributed by atoms with Crippen LogP contribution >= 0.6 is 11.6 Å². The number of carbonyl (C=O) groups excluding carboxylic acids is 1. The van der Waals surface area contributed by atoms with E-state index in [-0.39, 0.29) is 21.9 Å². The Kier molecular flexibility index (Phi) is 5.34. The Morgan fingerprint density at radius 1 is 1.07 bits per heavy atom. The molecule has 29 heavy (non-hydrogen) atoms. The van der Waals surface area contributed by atoms with Gasteiger partial charge in [0.2, 0.25) is 0 Å². The van der Waals surface area contributed by atoms with E-state index in [2.05, 4.69) is 10.0 Å². The first-order valence-corrected chi connectivity index (χ1v) is 11.8. The van der Waals surface area contributed by atoms with Gasteiger partial charge in [0, 0.05) is 11.6 Å². The molecular formula is C22H25ClN2O3S. The molecule has 7 heteroatoms. The molecule has 5 nitrogen and oxygen atoms in total. The maximum absolute atomic E-state index is 13.0. The predicted octanol–water partition coefficient (Wildman–Crippen LogP) is 4.68. The largest absolute Gasteiger partial charge is 0.349 e. The molecule has 4 rings (SSSR count). The van der Waals surface area contributed by atoms with Crippen LogP contribution in [-0.2, 0) is 10.0 Å². The Morgan fingerprint density at radius 3 is 2.52 bits per heavy atom. The standard InChI is InChI=1S/C22H25ClN2O3S/c1-13-3-8-19(14(2)9-13)25-29(27,28)21-12-17(6-7-18(21)23)22(26)24-20-11-15-4-5-16(20)10-15/h3,6-9,12,15-16,20,25H,4-5,10-11H2,1-2H3,(H,24,26)/t15-,16-,20-/m0/s1. The van der Waals surface area contributed by atoms with Crippen LogP contribution in [0.4, 0.5) is 5.69 Å². The highest BCUT2D eigenvalue weighted by atomic mass is 35.5. The highest BCUT2D eigenvalue weighted by Crippen LogP contribution is 2.44. The Morgan fingerprint density at radius 2 is 1.86 bits per heavy atom. The van der Waals surface area contributed by atoms with Crippen molar-refractivity contribution in [2.75, 3.05) is 4.72 Å². The van der Waals surface area contributed by atoms with Crippen LogP contribution in [-0.4, -0.2) is 20.4 Å². The smallest absolute Gasteiger partial charge is 0.263 e. The number of hydrogen-bond donors (Lipinski definition) is 2. The van der Waals surface area contributed by atoms with Gasteiger partial charge in [-0.05, 0) is 74.8 Å². The second kappa shape index (κ2) is 7.65. The lowest BCUT2D eigenvalue weighted by molar-refractivity contribution is 0.0922. The van der Waals surface area contributed by atoms with Gasteiger partial charge in [-0.1, -0.05) is 35.7 Å². The molecule has 0 saturated heterocycles. The van der Waals surface area contributed by atoms with Crippen LogP contribution in [0.3, 0.4) is 0 Å². The number of carbonyl (C=O) groups is 1. The predicted molar refractivity (Wildman–Crippen MR) is 115 cm³/mol. The van der Waals surface area contributed by atoms with Crippen LogP contribution in [0.2, 0.25) is 5.02 Å². The van der Waals surface area contributed by atoms with E-state index in [1.165, 1.54) is 25.0 Å². The fraction of sp³-hybridized carbons (Fsp3) is 0.409. The molecule has 0 aliphatic heterocycles. The minimum atomic E-state index is -3.93. The second-order valence-electron chi connectivity index (χ2n) is 8.32. The number of aryl methyl sites for hydroxylation is 2. The summed E-state index contributed by atoms with van der Waals surface area (Å²) in [5.41, 5.74) is 2.65. The lowest BCUT2D eigenvalue weighted by atomic mass is 9.95. The molecule has 2 aromatic carbocycles. The molecule has 0 unspecified atom stereocenters. The van der Waals surface area contributed by atoms with Gasteiger partial charge < -0.3 is 5.32 Å². The van der Waals surface area contributed by atoms with E-state index in [1.807, 2.05) is 26.0 Å². The quantitative estimate of drug-likeness (QED) is 0.720. The number of fused-ring (bicyclic) bond motifs is 2. The molecule has 0 spiro atoms. The Hall–Kier alpha value is -2.05. The molecule has 1 amide bonds. The van der Waals surface area contributed by atoms with Gasteiger partial charge in [-0.2, -0.15) is 0 Å². The summed E-state index contributed by atoms with van der Waals surface area (Å²) in [5.74, 6) is 1.02. The summed E-state index contributed by atoms with van der Waals surface area (Å²) >= 11 is 6.19. The van der Waals surface area contributed by atoms with Crippen LogP contribution in [0, 0.1) is 25.7 Å². The fourth-order valence-electron chi connectivity index (χ4n) is 4.65. The van der Waals surface area contributed by atoms with E-state index < -0.39 is 10.0 Å². The van der Waals surface area contributed by atoms with E-state index in [0.717, 1.165) is 24.0 Å². The maximum atomic E-state index is 13.0. The zero-order valence-corrected chi connectivity index (χ0v) is 18.1. The van der Waals surface area contributed by atoms with Gasteiger partial charge in [0.05, 0.1) is 10.7 Å². The van der Waals surface area contributed by atoms with Crippen molar-refractivity contribution in [2.24, 2.45) is 11.8 Å². The molecule has 3 atom stereocenters. The van der Waals surface area contributed by atoms with E-state index in [4.69, 9.17) is 11.6 Å². The topological polar surface area (TPSA) is 75.3 Å². The van der Waals surface area contributed by atoms with E-state index >= 15 is 0 Å². The molecule has 0 heterocycles. The summed E-state index contributed by atoms with van der Waals surface area (Å²) in [6.07, 6.45) is 4.62. The molecule has 2 bridgehead atoms. The molecule has 0 aromatic heterocycles. The SMILES string of the molecule is Cc1ccc(NS(=O)(=O)c2cc(C(=O)N[C@H]3C[C@H]4CC[C@H]3C4)ccc2Cl)c(C)c1. The summed E-state index contributed by atoms with van der Waals surface area (Å²) in [4.78, 5) is 12.7. The first-order valence-electron chi connectivity index (χ1n) is 9.93. The van der Waals surface area contributed by atoms with Gasteiger partial charge in [-0.15, -0.1) is 0 Å². The highest BCUT2D eigenvalue weighted by molar-refractivity contribution is 7.92.